The van der Waals surface area contributed by atoms with Gasteiger partial charge < -0.3 is 9.30 Å². The van der Waals surface area contributed by atoms with E-state index < -0.39 is 0 Å². The van der Waals surface area contributed by atoms with Crippen LogP contribution in [0, 0.1) is 0 Å². The molecule has 0 saturated carbocycles. The lowest BCUT2D eigenvalue weighted by atomic mass is 10.0. The SMILES string of the molecule is CCOC(=O)c1ccc(=O)n2c1CCCC2. The Balaban J connectivity index is 2.47. The first kappa shape index (κ1) is 10.9. The van der Waals surface area contributed by atoms with Crippen molar-refractivity contribution in [2.45, 2.75) is 32.7 Å². The summed E-state index contributed by atoms with van der Waals surface area (Å²) in [6.07, 6.45) is 2.80. The van der Waals surface area contributed by atoms with Crippen LogP contribution in [0.1, 0.15) is 35.8 Å². The quantitative estimate of drug-likeness (QED) is 0.708. The number of hydrogen-bond acceptors (Lipinski definition) is 3. The Hall–Kier alpha value is -1.58. The van der Waals surface area contributed by atoms with Crippen LogP contribution in [0.15, 0.2) is 16.9 Å². The van der Waals surface area contributed by atoms with Crippen LogP contribution in [0.25, 0.3) is 0 Å². The summed E-state index contributed by atoms with van der Waals surface area (Å²) in [5.74, 6) is -0.326. The highest BCUT2D eigenvalue weighted by Gasteiger charge is 2.19. The molecule has 0 aliphatic carbocycles. The van der Waals surface area contributed by atoms with Gasteiger partial charge in [-0.1, -0.05) is 0 Å². The van der Waals surface area contributed by atoms with Gasteiger partial charge in [0.25, 0.3) is 5.56 Å². The van der Waals surface area contributed by atoms with E-state index in [0.29, 0.717) is 18.7 Å². The van der Waals surface area contributed by atoms with Crippen molar-refractivity contribution in [1.82, 2.24) is 4.57 Å². The zero-order valence-corrected chi connectivity index (χ0v) is 9.36. The lowest BCUT2D eigenvalue weighted by Gasteiger charge is -2.20. The third kappa shape index (κ3) is 1.87. The second kappa shape index (κ2) is 4.51. The first-order chi connectivity index (χ1) is 7.74. The summed E-state index contributed by atoms with van der Waals surface area (Å²) in [6, 6.07) is 3.03. The van der Waals surface area contributed by atoms with E-state index in [-0.39, 0.29) is 11.5 Å². The van der Waals surface area contributed by atoms with E-state index in [1.54, 1.807) is 17.6 Å². The Morgan fingerprint density at radius 1 is 1.44 bits per heavy atom. The second-order valence-corrected chi connectivity index (χ2v) is 3.86. The maximum Gasteiger partial charge on any atom is 0.339 e. The smallest absolute Gasteiger partial charge is 0.339 e. The number of esters is 1. The third-order valence-corrected chi connectivity index (χ3v) is 2.84. The minimum Gasteiger partial charge on any atom is -0.462 e. The van der Waals surface area contributed by atoms with E-state index >= 15 is 0 Å². The van der Waals surface area contributed by atoms with Gasteiger partial charge >= 0.3 is 5.97 Å². The Bertz CT molecular complexity index is 462. The van der Waals surface area contributed by atoms with Gasteiger partial charge in [0.15, 0.2) is 0 Å². The van der Waals surface area contributed by atoms with E-state index in [2.05, 4.69) is 0 Å². The largest absolute Gasteiger partial charge is 0.462 e. The van der Waals surface area contributed by atoms with Crippen LogP contribution >= 0.6 is 0 Å². The molecule has 0 aromatic carbocycles. The van der Waals surface area contributed by atoms with Crippen molar-refractivity contribution in [3.05, 3.63) is 33.7 Å². The van der Waals surface area contributed by atoms with E-state index in [1.807, 2.05) is 0 Å². The molecule has 2 rings (SSSR count). The minimum atomic E-state index is -0.326. The number of ether oxygens (including phenoxy) is 1. The molecule has 1 aliphatic rings. The van der Waals surface area contributed by atoms with Crippen LogP contribution in [-0.2, 0) is 17.7 Å². The van der Waals surface area contributed by atoms with Crippen molar-refractivity contribution < 1.29 is 9.53 Å². The van der Waals surface area contributed by atoms with Gasteiger partial charge in [-0.25, -0.2) is 4.79 Å². The number of hydrogen-bond donors (Lipinski definition) is 0. The van der Waals surface area contributed by atoms with E-state index in [4.69, 9.17) is 4.74 Å². The molecule has 4 nitrogen and oxygen atoms in total. The monoisotopic (exact) mass is 221 g/mol. The number of aromatic nitrogens is 1. The Morgan fingerprint density at radius 2 is 2.25 bits per heavy atom. The van der Waals surface area contributed by atoms with Gasteiger partial charge in [0.1, 0.15) is 0 Å². The summed E-state index contributed by atoms with van der Waals surface area (Å²) in [5, 5.41) is 0. The van der Waals surface area contributed by atoms with Crippen molar-refractivity contribution >= 4 is 5.97 Å². The molecule has 0 spiro atoms. The topological polar surface area (TPSA) is 48.3 Å². The first-order valence-corrected chi connectivity index (χ1v) is 5.64. The zero-order valence-electron chi connectivity index (χ0n) is 9.36. The number of fused-ring (bicyclic) bond motifs is 1. The van der Waals surface area contributed by atoms with Gasteiger partial charge in [-0.15, -0.1) is 0 Å². The summed E-state index contributed by atoms with van der Waals surface area (Å²) in [5.41, 5.74) is 1.35. The van der Waals surface area contributed by atoms with Crippen LogP contribution in [-0.4, -0.2) is 17.1 Å². The molecule has 1 aromatic heterocycles. The first-order valence-electron chi connectivity index (χ1n) is 5.64. The highest BCUT2D eigenvalue weighted by molar-refractivity contribution is 5.90. The fraction of sp³-hybridized carbons (Fsp3) is 0.500. The third-order valence-electron chi connectivity index (χ3n) is 2.84. The fourth-order valence-electron chi connectivity index (χ4n) is 2.09. The van der Waals surface area contributed by atoms with Crippen molar-refractivity contribution in [2.75, 3.05) is 6.61 Å². The second-order valence-electron chi connectivity index (χ2n) is 3.86. The van der Waals surface area contributed by atoms with Gasteiger partial charge in [0, 0.05) is 18.3 Å². The molecule has 0 saturated heterocycles. The minimum absolute atomic E-state index is 0.0252. The standard InChI is InChI=1S/C12H15NO3/c1-2-16-12(15)9-6-7-11(14)13-8-4-3-5-10(9)13/h6-7H,2-5,8H2,1H3. The summed E-state index contributed by atoms with van der Waals surface area (Å²) < 4.78 is 6.67. The predicted molar refractivity (Wildman–Crippen MR) is 59.6 cm³/mol. The van der Waals surface area contributed by atoms with Crippen molar-refractivity contribution in [2.24, 2.45) is 0 Å². The summed E-state index contributed by atoms with van der Waals surface area (Å²) in [4.78, 5) is 23.3. The normalized spacial score (nSPS) is 14.3. The van der Waals surface area contributed by atoms with E-state index in [1.165, 1.54) is 6.07 Å². The lowest BCUT2D eigenvalue weighted by Crippen LogP contribution is -2.28. The Labute approximate surface area is 93.8 Å². The van der Waals surface area contributed by atoms with Crippen LogP contribution in [0.5, 0.6) is 0 Å². The molecule has 1 aromatic rings. The molecular formula is C12H15NO3. The molecule has 0 amide bonds. The Morgan fingerprint density at radius 3 is 3.00 bits per heavy atom. The molecule has 86 valence electrons. The molecule has 4 heteroatoms. The van der Waals surface area contributed by atoms with E-state index in [0.717, 1.165) is 25.0 Å². The molecule has 0 bridgehead atoms. The molecule has 2 heterocycles. The van der Waals surface area contributed by atoms with Crippen molar-refractivity contribution in [1.29, 1.82) is 0 Å². The molecule has 0 atom stereocenters. The van der Waals surface area contributed by atoms with E-state index in [9.17, 15) is 9.59 Å². The van der Waals surface area contributed by atoms with Crippen LogP contribution < -0.4 is 5.56 Å². The molecule has 0 unspecified atom stereocenters. The highest BCUT2D eigenvalue weighted by atomic mass is 16.5. The average Bonchev–Trinajstić information content (AvgIpc) is 2.30. The lowest BCUT2D eigenvalue weighted by molar-refractivity contribution is 0.0523. The highest BCUT2D eigenvalue weighted by Crippen LogP contribution is 2.17. The van der Waals surface area contributed by atoms with Gasteiger partial charge in [-0.2, -0.15) is 0 Å². The number of rotatable bonds is 2. The molecule has 16 heavy (non-hydrogen) atoms. The molecule has 0 N–H and O–H groups in total. The number of pyridine rings is 1. The predicted octanol–water partition coefficient (Wildman–Crippen LogP) is 1.36. The molecule has 1 aliphatic heterocycles. The molecular weight excluding hydrogens is 206 g/mol. The number of carbonyl (C=O) groups excluding carboxylic acids is 1. The maximum absolute atomic E-state index is 11.7. The zero-order chi connectivity index (χ0) is 11.5. The Kier molecular flexibility index (Phi) is 3.08. The van der Waals surface area contributed by atoms with Crippen LogP contribution in [0.4, 0.5) is 0 Å². The van der Waals surface area contributed by atoms with Gasteiger partial charge in [-0.3, -0.25) is 4.79 Å². The van der Waals surface area contributed by atoms with Gasteiger partial charge in [0.2, 0.25) is 0 Å². The van der Waals surface area contributed by atoms with Gasteiger partial charge in [-0.05, 0) is 32.3 Å². The average molecular weight is 221 g/mol. The maximum atomic E-state index is 11.7. The summed E-state index contributed by atoms with van der Waals surface area (Å²) >= 11 is 0. The van der Waals surface area contributed by atoms with Crippen LogP contribution in [0.3, 0.4) is 0 Å². The summed E-state index contributed by atoms with van der Waals surface area (Å²) in [7, 11) is 0. The summed E-state index contributed by atoms with van der Waals surface area (Å²) in [6.45, 7) is 2.85. The number of nitrogens with zero attached hydrogens (tertiary/aromatic N) is 1. The van der Waals surface area contributed by atoms with Gasteiger partial charge in [0.05, 0.1) is 12.2 Å². The van der Waals surface area contributed by atoms with Crippen molar-refractivity contribution in [3.8, 4) is 0 Å². The van der Waals surface area contributed by atoms with Crippen molar-refractivity contribution in [3.63, 3.8) is 0 Å². The molecule has 0 radical (unpaired) electrons. The van der Waals surface area contributed by atoms with Crippen LogP contribution in [0.2, 0.25) is 0 Å². The molecule has 0 fully saturated rings. The number of carbonyl (C=O) groups is 1. The fourth-order valence-corrected chi connectivity index (χ4v) is 2.09.